The summed E-state index contributed by atoms with van der Waals surface area (Å²) >= 11 is 0. The van der Waals surface area contributed by atoms with Crippen molar-refractivity contribution in [3.63, 3.8) is 0 Å². The summed E-state index contributed by atoms with van der Waals surface area (Å²) in [6.07, 6.45) is 1.75. The van der Waals surface area contributed by atoms with Crippen LogP contribution in [0.2, 0.25) is 0 Å². The Morgan fingerprint density at radius 1 is 1.03 bits per heavy atom. The Hall–Kier alpha value is -3.49. The van der Waals surface area contributed by atoms with Gasteiger partial charge in [0.25, 0.3) is 0 Å². The van der Waals surface area contributed by atoms with Crippen LogP contribution < -0.4 is 15.5 Å². The quantitative estimate of drug-likeness (QED) is 0.656. The summed E-state index contributed by atoms with van der Waals surface area (Å²) in [4.78, 5) is 26.2. The monoisotopic (exact) mass is 421 g/mol. The third-order valence-electron chi connectivity index (χ3n) is 5.38. The lowest BCUT2D eigenvalue weighted by molar-refractivity contribution is -0.120. The average molecular weight is 422 g/mol. The van der Waals surface area contributed by atoms with Gasteiger partial charge < -0.3 is 15.5 Å². The predicted molar refractivity (Wildman–Crippen MR) is 119 cm³/mol. The molecule has 0 radical (unpaired) electrons. The van der Waals surface area contributed by atoms with Gasteiger partial charge >= 0.3 is 0 Å². The van der Waals surface area contributed by atoms with Crippen molar-refractivity contribution in [2.45, 2.75) is 39.5 Å². The largest absolute Gasteiger partial charge is 0.354 e. The molecule has 1 saturated heterocycles. The Morgan fingerprint density at radius 2 is 1.74 bits per heavy atom. The molecule has 1 aliphatic heterocycles. The first-order valence-corrected chi connectivity index (χ1v) is 10.6. The molecule has 3 heterocycles. The molecule has 1 aromatic carbocycles. The summed E-state index contributed by atoms with van der Waals surface area (Å²) in [7, 11) is 0. The normalized spacial score (nSPS) is 16.5. The highest BCUT2D eigenvalue weighted by Crippen LogP contribution is 2.24. The van der Waals surface area contributed by atoms with Crippen LogP contribution in [0.3, 0.4) is 0 Å². The van der Waals surface area contributed by atoms with Crippen molar-refractivity contribution in [1.82, 2.24) is 19.8 Å². The van der Waals surface area contributed by atoms with Crippen molar-refractivity contribution >= 4 is 34.7 Å². The fraction of sp³-hybridized carbons (Fsp3) is 0.409. The van der Waals surface area contributed by atoms with Gasteiger partial charge in [0, 0.05) is 37.3 Å². The highest BCUT2D eigenvalue weighted by Gasteiger charge is 2.27. The summed E-state index contributed by atoms with van der Waals surface area (Å²) < 4.78 is 1.79. The van der Waals surface area contributed by atoms with E-state index in [1.54, 1.807) is 28.8 Å². The molecular formula is C22H27N7O2. The SMILES string of the molecule is CC(=O)Nc1ccc(NC(=O)[C@@H]2CCCN(c3ccc4nnc(C(C)C)n4n3)C2)cc1. The number of aromatic nitrogens is 4. The molecule has 2 amide bonds. The summed E-state index contributed by atoms with van der Waals surface area (Å²) in [5.41, 5.74) is 2.13. The van der Waals surface area contributed by atoms with E-state index in [4.69, 9.17) is 5.10 Å². The molecule has 0 saturated carbocycles. The first kappa shape index (κ1) is 20.8. The second-order valence-corrected chi connectivity index (χ2v) is 8.21. The fourth-order valence-electron chi connectivity index (χ4n) is 3.81. The van der Waals surface area contributed by atoms with Gasteiger partial charge in [-0.05, 0) is 49.2 Å². The van der Waals surface area contributed by atoms with E-state index in [2.05, 4.69) is 39.6 Å². The number of amides is 2. The molecule has 0 bridgehead atoms. The first-order valence-electron chi connectivity index (χ1n) is 10.6. The van der Waals surface area contributed by atoms with Crippen LogP contribution in [0, 0.1) is 5.92 Å². The number of rotatable bonds is 5. The lowest BCUT2D eigenvalue weighted by atomic mass is 9.97. The predicted octanol–water partition coefficient (Wildman–Crippen LogP) is 3.06. The minimum atomic E-state index is -0.133. The molecule has 3 aromatic rings. The van der Waals surface area contributed by atoms with Crippen molar-refractivity contribution in [2.24, 2.45) is 5.92 Å². The average Bonchev–Trinajstić information content (AvgIpc) is 3.18. The topological polar surface area (TPSA) is 105 Å². The van der Waals surface area contributed by atoms with Gasteiger partial charge in [0.15, 0.2) is 11.5 Å². The minimum Gasteiger partial charge on any atom is -0.354 e. The fourth-order valence-corrected chi connectivity index (χ4v) is 3.81. The lowest BCUT2D eigenvalue weighted by Crippen LogP contribution is -2.41. The third kappa shape index (κ3) is 4.65. The van der Waals surface area contributed by atoms with Gasteiger partial charge in [-0.15, -0.1) is 15.3 Å². The number of benzene rings is 1. The summed E-state index contributed by atoms with van der Waals surface area (Å²) in [5, 5.41) is 18.9. The van der Waals surface area contributed by atoms with Crippen molar-refractivity contribution in [2.75, 3.05) is 28.6 Å². The molecular weight excluding hydrogens is 394 g/mol. The standard InChI is InChI=1S/C22H27N7O2/c1-14(2)21-26-25-19-10-11-20(27-29(19)21)28-12-4-5-16(13-28)22(31)24-18-8-6-17(7-9-18)23-15(3)30/h6-11,14,16H,4-5,12-13H2,1-3H3,(H,23,30)(H,24,31)/t16-/m1/s1. The number of hydrogen-bond donors (Lipinski definition) is 2. The number of piperidine rings is 1. The van der Waals surface area contributed by atoms with Gasteiger partial charge in [-0.2, -0.15) is 4.52 Å². The maximum absolute atomic E-state index is 12.9. The van der Waals surface area contributed by atoms with Crippen molar-refractivity contribution in [1.29, 1.82) is 0 Å². The Labute approximate surface area is 180 Å². The van der Waals surface area contributed by atoms with Crippen LogP contribution >= 0.6 is 0 Å². The molecule has 0 spiro atoms. The minimum absolute atomic E-state index is 0.00905. The number of carbonyl (C=O) groups excluding carboxylic acids is 2. The molecule has 4 rings (SSSR count). The Balaban J connectivity index is 1.44. The third-order valence-corrected chi connectivity index (χ3v) is 5.38. The van der Waals surface area contributed by atoms with E-state index >= 15 is 0 Å². The number of hydrogen-bond acceptors (Lipinski definition) is 6. The zero-order valence-corrected chi connectivity index (χ0v) is 18.0. The van der Waals surface area contributed by atoms with Crippen molar-refractivity contribution in [3.8, 4) is 0 Å². The van der Waals surface area contributed by atoms with E-state index in [9.17, 15) is 9.59 Å². The van der Waals surface area contributed by atoms with Gasteiger partial charge in [0.2, 0.25) is 11.8 Å². The number of fused-ring (bicyclic) bond motifs is 1. The summed E-state index contributed by atoms with van der Waals surface area (Å²) in [6, 6.07) is 11.0. The van der Waals surface area contributed by atoms with E-state index in [-0.39, 0.29) is 23.7 Å². The number of nitrogens with one attached hydrogen (secondary N) is 2. The van der Waals surface area contributed by atoms with E-state index in [0.29, 0.717) is 17.9 Å². The number of carbonyl (C=O) groups is 2. The van der Waals surface area contributed by atoms with Crippen LogP contribution in [0.4, 0.5) is 17.2 Å². The van der Waals surface area contributed by atoms with E-state index in [0.717, 1.165) is 36.7 Å². The van der Waals surface area contributed by atoms with Crippen LogP contribution in [0.5, 0.6) is 0 Å². The lowest BCUT2D eigenvalue weighted by Gasteiger charge is -2.32. The zero-order valence-electron chi connectivity index (χ0n) is 18.0. The van der Waals surface area contributed by atoms with Gasteiger partial charge in [-0.25, -0.2) is 0 Å². The number of anilines is 3. The van der Waals surface area contributed by atoms with E-state index < -0.39 is 0 Å². The van der Waals surface area contributed by atoms with Gasteiger partial charge in [0.05, 0.1) is 5.92 Å². The van der Waals surface area contributed by atoms with Crippen LogP contribution in [0.25, 0.3) is 5.65 Å². The Kier molecular flexibility index (Phi) is 5.83. The molecule has 1 fully saturated rings. The molecule has 1 atom stereocenters. The van der Waals surface area contributed by atoms with E-state index in [1.807, 2.05) is 12.1 Å². The molecule has 162 valence electrons. The van der Waals surface area contributed by atoms with E-state index in [1.165, 1.54) is 6.92 Å². The molecule has 0 aliphatic carbocycles. The van der Waals surface area contributed by atoms with Crippen molar-refractivity contribution in [3.05, 3.63) is 42.2 Å². The molecule has 0 unspecified atom stereocenters. The molecule has 31 heavy (non-hydrogen) atoms. The van der Waals surface area contributed by atoms with Gasteiger partial charge in [0.1, 0.15) is 5.82 Å². The Bertz CT molecular complexity index is 1090. The zero-order chi connectivity index (χ0) is 22.0. The second-order valence-electron chi connectivity index (χ2n) is 8.21. The van der Waals surface area contributed by atoms with Crippen LogP contribution in [0.1, 0.15) is 45.4 Å². The van der Waals surface area contributed by atoms with Crippen LogP contribution in [-0.4, -0.2) is 44.7 Å². The van der Waals surface area contributed by atoms with Crippen LogP contribution in [0.15, 0.2) is 36.4 Å². The first-order chi connectivity index (χ1) is 14.9. The van der Waals surface area contributed by atoms with Crippen molar-refractivity contribution < 1.29 is 9.59 Å². The maximum atomic E-state index is 12.9. The highest BCUT2D eigenvalue weighted by atomic mass is 16.2. The van der Waals surface area contributed by atoms with Gasteiger partial charge in [-0.3, -0.25) is 9.59 Å². The highest BCUT2D eigenvalue weighted by molar-refractivity contribution is 5.94. The molecule has 2 aromatic heterocycles. The second kappa shape index (κ2) is 8.71. The molecule has 9 heteroatoms. The van der Waals surface area contributed by atoms with Crippen LogP contribution in [-0.2, 0) is 9.59 Å². The Morgan fingerprint density at radius 3 is 2.42 bits per heavy atom. The summed E-state index contributed by atoms with van der Waals surface area (Å²) in [6.45, 7) is 7.05. The number of nitrogens with zero attached hydrogens (tertiary/aromatic N) is 5. The molecule has 1 aliphatic rings. The smallest absolute Gasteiger partial charge is 0.229 e. The molecule has 9 nitrogen and oxygen atoms in total. The maximum Gasteiger partial charge on any atom is 0.229 e. The van der Waals surface area contributed by atoms with Gasteiger partial charge in [-0.1, -0.05) is 13.8 Å². The molecule has 2 N–H and O–H groups in total. The summed E-state index contributed by atoms with van der Waals surface area (Å²) in [5.74, 6) is 1.60.